The van der Waals surface area contributed by atoms with E-state index in [0.29, 0.717) is 10.9 Å². The van der Waals surface area contributed by atoms with Crippen molar-refractivity contribution in [3.63, 3.8) is 0 Å². The molecule has 4 heterocycles. The van der Waals surface area contributed by atoms with Crippen molar-refractivity contribution in [3.8, 4) is 0 Å². The van der Waals surface area contributed by atoms with Gasteiger partial charge < -0.3 is 13.9 Å². The van der Waals surface area contributed by atoms with E-state index in [2.05, 4.69) is 11.9 Å². The number of rotatable bonds is 5. The minimum Gasteiger partial charge on any atom is -0.503 e. The molecule has 8 heteroatoms. The molecule has 1 atom stereocenters. The molecule has 150 valence electrons. The molecule has 1 aliphatic rings. The summed E-state index contributed by atoms with van der Waals surface area (Å²) < 4.78 is 11.6. The lowest BCUT2D eigenvalue weighted by Gasteiger charge is -2.21. The number of thiazole rings is 1. The average Bonchev–Trinajstić information content (AvgIpc) is 3.54. The number of ketones is 1. The largest absolute Gasteiger partial charge is 0.503 e. The summed E-state index contributed by atoms with van der Waals surface area (Å²) in [7, 11) is 0. The van der Waals surface area contributed by atoms with E-state index >= 15 is 0 Å². The molecule has 7 nitrogen and oxygen atoms in total. The van der Waals surface area contributed by atoms with Crippen LogP contribution in [0.3, 0.4) is 0 Å². The average molecular weight is 420 g/mol. The minimum absolute atomic E-state index is 0.0274. The van der Waals surface area contributed by atoms with Gasteiger partial charge in [-0.2, -0.15) is 0 Å². The summed E-state index contributed by atoms with van der Waals surface area (Å²) in [5, 5.41) is 11.0. The third-order valence-corrected chi connectivity index (χ3v) is 6.08. The van der Waals surface area contributed by atoms with Crippen LogP contribution in [0.4, 0.5) is 5.13 Å². The number of aliphatic hydroxyl groups is 1. The van der Waals surface area contributed by atoms with Crippen molar-refractivity contribution >= 4 is 38.4 Å². The number of nitrogens with zero attached hydrogens (tertiary/aromatic N) is 2. The molecule has 0 aliphatic carbocycles. The molecule has 1 unspecified atom stereocenters. The number of fused-ring (bicyclic) bond motifs is 1. The lowest BCUT2D eigenvalue weighted by molar-refractivity contribution is -0.117. The fourth-order valence-corrected chi connectivity index (χ4v) is 4.63. The van der Waals surface area contributed by atoms with Crippen LogP contribution in [-0.2, 0) is 11.2 Å². The molecule has 1 aromatic carbocycles. The number of carbonyl (C=O) groups excluding carboxylic acids is 2. The zero-order chi connectivity index (χ0) is 20.8. The second-order valence-electron chi connectivity index (χ2n) is 6.81. The number of Topliss-reactive ketones (excluding diaryl/α,β-unsaturated/α-hetero) is 1. The fourth-order valence-electron chi connectivity index (χ4n) is 3.57. The molecule has 1 N–H and O–H groups in total. The lowest BCUT2D eigenvalue weighted by Crippen LogP contribution is -2.30. The summed E-state index contributed by atoms with van der Waals surface area (Å²) >= 11 is 1.32. The maximum absolute atomic E-state index is 13.1. The Kier molecular flexibility index (Phi) is 4.29. The predicted octanol–water partition coefficient (Wildman–Crippen LogP) is 4.83. The molecular formula is C22H16N2O5S. The van der Waals surface area contributed by atoms with E-state index in [4.69, 9.17) is 8.83 Å². The van der Waals surface area contributed by atoms with Crippen molar-refractivity contribution < 1.29 is 23.5 Å². The maximum Gasteiger partial charge on any atom is 0.296 e. The second-order valence-corrected chi connectivity index (χ2v) is 7.82. The normalized spacial score (nSPS) is 16.8. The predicted molar refractivity (Wildman–Crippen MR) is 111 cm³/mol. The molecule has 0 fully saturated rings. The van der Waals surface area contributed by atoms with Crippen LogP contribution in [0, 0.1) is 0 Å². The van der Waals surface area contributed by atoms with Gasteiger partial charge in [-0.15, -0.1) is 0 Å². The van der Waals surface area contributed by atoms with E-state index in [9.17, 15) is 14.7 Å². The van der Waals surface area contributed by atoms with Crippen LogP contribution in [-0.4, -0.2) is 21.8 Å². The van der Waals surface area contributed by atoms with Gasteiger partial charge >= 0.3 is 0 Å². The molecule has 1 amide bonds. The summed E-state index contributed by atoms with van der Waals surface area (Å²) in [5.41, 5.74) is 1.80. The standard InChI is InChI=1S/C22H16N2O5S/c1-2-12-7-8-13-16(11-12)30-22(23-13)24-18(14-5-3-9-28-14)17(20(26)21(24)27)19(25)15-6-4-10-29-15/h3-11,18,26H,2H2,1H3. The number of aryl methyl sites for hydroxylation is 1. The SMILES string of the molecule is CCc1ccc2nc(N3C(=O)C(O)=C(C(=O)c4ccco4)C3c3ccco3)sc2c1. The second kappa shape index (κ2) is 7.00. The van der Waals surface area contributed by atoms with Gasteiger partial charge in [0.1, 0.15) is 11.8 Å². The molecule has 1 aliphatic heterocycles. The van der Waals surface area contributed by atoms with E-state index in [0.717, 1.165) is 22.2 Å². The summed E-state index contributed by atoms with van der Waals surface area (Å²) in [4.78, 5) is 32.0. The zero-order valence-electron chi connectivity index (χ0n) is 15.9. The minimum atomic E-state index is -0.948. The van der Waals surface area contributed by atoms with Crippen molar-refractivity contribution in [3.05, 3.63) is 83.4 Å². The number of amides is 1. The first-order chi connectivity index (χ1) is 14.6. The van der Waals surface area contributed by atoms with E-state index in [1.54, 1.807) is 18.2 Å². The Morgan fingerprint density at radius 2 is 2.00 bits per heavy atom. The highest BCUT2D eigenvalue weighted by Crippen LogP contribution is 2.44. The van der Waals surface area contributed by atoms with Crippen LogP contribution in [0.5, 0.6) is 0 Å². The third-order valence-electron chi connectivity index (χ3n) is 5.07. The highest BCUT2D eigenvalue weighted by molar-refractivity contribution is 7.22. The molecule has 0 bridgehead atoms. The number of benzene rings is 1. The molecule has 0 saturated heterocycles. The number of aliphatic hydroxyl groups excluding tert-OH is 1. The van der Waals surface area contributed by atoms with Crippen LogP contribution < -0.4 is 4.90 Å². The summed E-state index contributed by atoms with van der Waals surface area (Å²) in [6.07, 6.45) is 3.69. The van der Waals surface area contributed by atoms with Gasteiger partial charge in [0.05, 0.1) is 28.3 Å². The lowest BCUT2D eigenvalue weighted by atomic mass is 10.00. The number of hydrogen-bond donors (Lipinski definition) is 1. The van der Waals surface area contributed by atoms with Crippen molar-refractivity contribution in [2.75, 3.05) is 4.90 Å². The van der Waals surface area contributed by atoms with Crippen molar-refractivity contribution in [1.82, 2.24) is 4.98 Å². The first-order valence-corrected chi connectivity index (χ1v) is 10.2. The van der Waals surface area contributed by atoms with Gasteiger partial charge in [0.25, 0.3) is 5.91 Å². The summed E-state index contributed by atoms with van der Waals surface area (Å²) in [6, 6.07) is 11.3. The molecule has 0 saturated carbocycles. The van der Waals surface area contributed by atoms with Gasteiger partial charge in [0.15, 0.2) is 16.7 Å². The fraction of sp³-hybridized carbons (Fsp3) is 0.136. The highest BCUT2D eigenvalue weighted by Gasteiger charge is 2.47. The summed E-state index contributed by atoms with van der Waals surface area (Å²) in [6.45, 7) is 2.06. The first kappa shape index (κ1) is 18.4. The molecule has 3 aromatic heterocycles. The van der Waals surface area contributed by atoms with Crippen molar-refractivity contribution in [2.24, 2.45) is 0 Å². The van der Waals surface area contributed by atoms with Crippen molar-refractivity contribution in [1.29, 1.82) is 0 Å². The number of aromatic nitrogens is 1. The Morgan fingerprint density at radius 3 is 2.70 bits per heavy atom. The van der Waals surface area contributed by atoms with Gasteiger partial charge in [0, 0.05) is 0 Å². The molecule has 4 aromatic rings. The Bertz CT molecular complexity index is 1280. The molecule has 0 radical (unpaired) electrons. The van der Waals surface area contributed by atoms with Crippen LogP contribution in [0.25, 0.3) is 10.2 Å². The van der Waals surface area contributed by atoms with Crippen molar-refractivity contribution in [2.45, 2.75) is 19.4 Å². The Labute approximate surface area is 174 Å². The Morgan fingerprint density at radius 1 is 1.20 bits per heavy atom. The van der Waals surface area contributed by atoms with Gasteiger partial charge in [-0.3, -0.25) is 14.5 Å². The van der Waals surface area contributed by atoms with Gasteiger partial charge in [0.2, 0.25) is 5.78 Å². The third kappa shape index (κ3) is 2.76. The number of furan rings is 2. The van der Waals surface area contributed by atoms with Gasteiger partial charge in [-0.25, -0.2) is 4.98 Å². The van der Waals surface area contributed by atoms with Crippen LogP contribution in [0.2, 0.25) is 0 Å². The number of carbonyl (C=O) groups is 2. The molecular weight excluding hydrogens is 404 g/mol. The molecule has 5 rings (SSSR count). The quantitative estimate of drug-likeness (QED) is 0.465. The molecule has 30 heavy (non-hydrogen) atoms. The van der Waals surface area contributed by atoms with Crippen LogP contribution in [0.1, 0.15) is 34.8 Å². The van der Waals surface area contributed by atoms with Gasteiger partial charge in [-0.1, -0.05) is 24.3 Å². The monoisotopic (exact) mass is 420 g/mol. The van der Waals surface area contributed by atoms with Crippen LogP contribution >= 0.6 is 11.3 Å². The summed E-state index contributed by atoms with van der Waals surface area (Å²) in [5.74, 6) is -1.55. The van der Waals surface area contributed by atoms with Gasteiger partial charge in [-0.05, 0) is 48.4 Å². The Balaban J connectivity index is 1.65. The maximum atomic E-state index is 13.1. The van der Waals surface area contributed by atoms with E-state index in [1.807, 2.05) is 18.2 Å². The van der Waals surface area contributed by atoms with Crippen LogP contribution in [0.15, 0.2) is 75.2 Å². The van der Waals surface area contributed by atoms with E-state index in [1.165, 1.54) is 34.8 Å². The Hall–Kier alpha value is -3.65. The molecule has 0 spiro atoms. The number of hydrogen-bond acceptors (Lipinski definition) is 7. The first-order valence-electron chi connectivity index (χ1n) is 9.36. The zero-order valence-corrected chi connectivity index (χ0v) is 16.7. The van der Waals surface area contributed by atoms with E-state index < -0.39 is 23.5 Å². The topological polar surface area (TPSA) is 96.8 Å². The smallest absolute Gasteiger partial charge is 0.296 e. The highest BCUT2D eigenvalue weighted by atomic mass is 32.1. The number of anilines is 1. The van der Waals surface area contributed by atoms with E-state index in [-0.39, 0.29) is 11.3 Å².